The fourth-order valence-electron chi connectivity index (χ4n) is 2.94. The van der Waals surface area contributed by atoms with Crippen molar-refractivity contribution in [3.8, 4) is 0 Å². The van der Waals surface area contributed by atoms with Crippen molar-refractivity contribution in [3.05, 3.63) is 0 Å². The van der Waals surface area contributed by atoms with E-state index in [-0.39, 0.29) is 32.1 Å². The van der Waals surface area contributed by atoms with Crippen molar-refractivity contribution >= 4 is 22.1 Å². The number of rotatable bonds is 3. The molecule has 3 rings (SSSR count). The number of carbonyl (C=O) groups excluding carboxylic acids is 2. The summed E-state index contributed by atoms with van der Waals surface area (Å²) in [5, 5.41) is -5.02. The van der Waals surface area contributed by atoms with E-state index in [0.29, 0.717) is 0 Å². The van der Waals surface area contributed by atoms with Crippen LogP contribution in [-0.4, -0.2) is 54.4 Å². The van der Waals surface area contributed by atoms with Crippen LogP contribution in [0.2, 0.25) is 0 Å². The molecule has 0 amide bonds. The number of hydrogen-bond acceptors (Lipinski definition) is 8. The van der Waals surface area contributed by atoms with E-state index in [1.54, 1.807) is 0 Å². The van der Waals surface area contributed by atoms with Gasteiger partial charge in [-0.05, 0) is 12.8 Å². The summed E-state index contributed by atoms with van der Waals surface area (Å²) >= 11 is 0. The second-order valence-corrected chi connectivity index (χ2v) is 7.31. The standard InChI is InChI=1S/C12H14F2O9S/c13-12(14,24(17,18)19)10(16)20-6-1-3-11(4-2-6)22-7-5-8(15)21-9(7)23-11/h6-7,9H,1-5H2,(H,17,18,19). The van der Waals surface area contributed by atoms with Gasteiger partial charge in [-0.1, -0.05) is 0 Å². The highest BCUT2D eigenvalue weighted by Crippen LogP contribution is 2.44. The van der Waals surface area contributed by atoms with Gasteiger partial charge in [0.1, 0.15) is 12.2 Å². The van der Waals surface area contributed by atoms with Crippen molar-refractivity contribution in [2.45, 2.75) is 61.6 Å². The van der Waals surface area contributed by atoms with Gasteiger partial charge in [0, 0.05) is 12.8 Å². The molecule has 12 heteroatoms. The minimum atomic E-state index is -5.90. The number of esters is 2. The zero-order chi connectivity index (χ0) is 17.8. The number of ether oxygens (including phenoxy) is 4. The van der Waals surface area contributed by atoms with E-state index in [9.17, 15) is 26.8 Å². The molecule has 2 aliphatic heterocycles. The molecule has 0 aromatic heterocycles. The van der Waals surface area contributed by atoms with Gasteiger partial charge >= 0.3 is 27.3 Å². The lowest BCUT2D eigenvalue weighted by atomic mass is 9.92. The van der Waals surface area contributed by atoms with Gasteiger partial charge in [0.25, 0.3) is 0 Å². The number of hydrogen-bond donors (Lipinski definition) is 1. The van der Waals surface area contributed by atoms with Gasteiger partial charge in [-0.25, -0.2) is 4.79 Å². The smallest absolute Gasteiger partial charge is 0.457 e. The van der Waals surface area contributed by atoms with E-state index in [1.165, 1.54) is 0 Å². The van der Waals surface area contributed by atoms with Crippen LogP contribution in [0, 0.1) is 0 Å². The van der Waals surface area contributed by atoms with Crippen LogP contribution in [0.4, 0.5) is 8.78 Å². The summed E-state index contributed by atoms with van der Waals surface area (Å²) in [4.78, 5) is 22.4. The molecule has 2 unspecified atom stereocenters. The average molecular weight is 372 g/mol. The number of halogens is 2. The SMILES string of the molecule is O=C1CC2OC3(CCC(OC(=O)C(F)(F)S(=O)(=O)O)CC3)OC2O1. The molecule has 3 aliphatic rings. The Morgan fingerprint density at radius 1 is 1.29 bits per heavy atom. The lowest BCUT2D eigenvalue weighted by Crippen LogP contribution is -2.44. The summed E-state index contributed by atoms with van der Waals surface area (Å²) in [6.45, 7) is 0. The summed E-state index contributed by atoms with van der Waals surface area (Å²) in [7, 11) is -5.90. The van der Waals surface area contributed by atoms with E-state index in [1.807, 2.05) is 0 Å². The molecular formula is C12H14F2O9S. The van der Waals surface area contributed by atoms with Gasteiger partial charge in [0.05, 0.1) is 6.42 Å². The Hall–Kier alpha value is -1.37. The monoisotopic (exact) mass is 372 g/mol. The zero-order valence-electron chi connectivity index (χ0n) is 12.1. The van der Waals surface area contributed by atoms with E-state index >= 15 is 0 Å². The fourth-order valence-corrected chi connectivity index (χ4v) is 3.20. The van der Waals surface area contributed by atoms with Crippen molar-refractivity contribution in [2.24, 2.45) is 0 Å². The summed E-state index contributed by atoms with van der Waals surface area (Å²) < 4.78 is 76.3. The molecule has 2 atom stereocenters. The molecule has 1 aliphatic carbocycles. The van der Waals surface area contributed by atoms with Crippen molar-refractivity contribution in [1.82, 2.24) is 0 Å². The first-order valence-corrected chi connectivity index (χ1v) is 8.57. The summed E-state index contributed by atoms with van der Waals surface area (Å²) in [5.74, 6) is -3.80. The van der Waals surface area contributed by atoms with Crippen molar-refractivity contribution in [2.75, 3.05) is 0 Å². The maximum Gasteiger partial charge on any atom is 0.465 e. The molecule has 3 fully saturated rings. The Bertz CT molecular complexity index is 635. The fraction of sp³-hybridized carbons (Fsp3) is 0.833. The Morgan fingerprint density at radius 2 is 1.92 bits per heavy atom. The molecule has 2 saturated heterocycles. The molecule has 2 heterocycles. The Labute approximate surface area is 134 Å². The number of carbonyl (C=O) groups is 2. The van der Waals surface area contributed by atoms with Crippen molar-refractivity contribution < 1.29 is 50.3 Å². The minimum absolute atomic E-state index is 0.0609. The normalized spacial score (nSPS) is 36.5. The maximum atomic E-state index is 13.2. The lowest BCUT2D eigenvalue weighted by molar-refractivity contribution is -0.236. The van der Waals surface area contributed by atoms with Crippen LogP contribution in [0.15, 0.2) is 0 Å². The summed E-state index contributed by atoms with van der Waals surface area (Å²) in [6.07, 6.45) is -1.70. The molecule has 0 aromatic carbocycles. The zero-order valence-corrected chi connectivity index (χ0v) is 13.0. The highest BCUT2D eigenvalue weighted by atomic mass is 32.2. The largest absolute Gasteiger partial charge is 0.465 e. The number of fused-ring (bicyclic) bond motifs is 1. The molecule has 24 heavy (non-hydrogen) atoms. The summed E-state index contributed by atoms with van der Waals surface area (Å²) in [5.41, 5.74) is 0. The maximum absolute atomic E-state index is 13.2. The predicted octanol–water partition coefficient (Wildman–Crippen LogP) is 0.337. The van der Waals surface area contributed by atoms with Gasteiger partial charge in [-0.3, -0.25) is 9.35 Å². The van der Waals surface area contributed by atoms with Crippen LogP contribution < -0.4 is 0 Å². The van der Waals surface area contributed by atoms with Crippen LogP contribution in [-0.2, 0) is 38.7 Å². The first-order valence-electron chi connectivity index (χ1n) is 7.13. The first kappa shape index (κ1) is 17.5. The molecule has 1 saturated carbocycles. The molecule has 136 valence electrons. The van der Waals surface area contributed by atoms with Crippen LogP contribution in [0.5, 0.6) is 0 Å². The highest BCUT2D eigenvalue weighted by molar-refractivity contribution is 7.87. The van der Waals surface area contributed by atoms with Crippen molar-refractivity contribution in [3.63, 3.8) is 0 Å². The third-order valence-electron chi connectivity index (χ3n) is 4.15. The third kappa shape index (κ3) is 2.98. The van der Waals surface area contributed by atoms with Crippen molar-refractivity contribution in [1.29, 1.82) is 0 Å². The molecule has 1 spiro atoms. The van der Waals surface area contributed by atoms with Gasteiger partial charge in [-0.2, -0.15) is 17.2 Å². The van der Waals surface area contributed by atoms with Crippen LogP contribution >= 0.6 is 0 Å². The number of alkyl halides is 2. The molecule has 0 bridgehead atoms. The van der Waals surface area contributed by atoms with Gasteiger partial charge in [0.2, 0.25) is 6.29 Å². The predicted molar refractivity (Wildman–Crippen MR) is 68.0 cm³/mol. The van der Waals surface area contributed by atoms with Gasteiger partial charge in [-0.15, -0.1) is 0 Å². The third-order valence-corrected chi connectivity index (χ3v) is 4.96. The van der Waals surface area contributed by atoms with Gasteiger partial charge < -0.3 is 18.9 Å². The molecule has 9 nitrogen and oxygen atoms in total. The van der Waals surface area contributed by atoms with Crippen LogP contribution in [0.25, 0.3) is 0 Å². The Morgan fingerprint density at radius 3 is 2.46 bits per heavy atom. The topological polar surface area (TPSA) is 125 Å². The highest BCUT2D eigenvalue weighted by Gasteiger charge is 2.57. The van der Waals surface area contributed by atoms with E-state index < -0.39 is 51.6 Å². The molecule has 1 N–H and O–H groups in total. The second kappa shape index (κ2) is 5.58. The van der Waals surface area contributed by atoms with E-state index in [2.05, 4.69) is 4.74 Å². The minimum Gasteiger partial charge on any atom is -0.457 e. The molecule has 0 aromatic rings. The first-order chi connectivity index (χ1) is 11.0. The average Bonchev–Trinajstić information content (AvgIpc) is 2.94. The van der Waals surface area contributed by atoms with Crippen LogP contribution in [0.1, 0.15) is 32.1 Å². The molecular weight excluding hydrogens is 358 g/mol. The van der Waals surface area contributed by atoms with E-state index in [4.69, 9.17) is 18.8 Å². The lowest BCUT2D eigenvalue weighted by Gasteiger charge is -2.35. The Balaban J connectivity index is 1.55. The summed E-state index contributed by atoms with van der Waals surface area (Å²) in [6, 6.07) is 0. The van der Waals surface area contributed by atoms with Crippen LogP contribution in [0.3, 0.4) is 0 Å². The quantitative estimate of drug-likeness (QED) is 0.551. The Kier molecular flexibility index (Phi) is 4.06. The second-order valence-electron chi connectivity index (χ2n) is 5.84. The molecule has 0 radical (unpaired) electrons. The van der Waals surface area contributed by atoms with Gasteiger partial charge in [0.15, 0.2) is 5.79 Å². The van der Waals surface area contributed by atoms with E-state index in [0.717, 1.165) is 0 Å².